The van der Waals surface area contributed by atoms with Gasteiger partial charge in [0.15, 0.2) is 5.78 Å². The van der Waals surface area contributed by atoms with Crippen LogP contribution in [0.25, 0.3) is 0 Å². The second kappa shape index (κ2) is 8.01. The van der Waals surface area contributed by atoms with Gasteiger partial charge >= 0.3 is 0 Å². The number of hydrogen-bond acceptors (Lipinski definition) is 4. The summed E-state index contributed by atoms with van der Waals surface area (Å²) in [4.78, 5) is 40.5. The summed E-state index contributed by atoms with van der Waals surface area (Å²) in [6, 6.07) is 10.2. The molecule has 6 heteroatoms. The molecule has 124 valence electrons. The van der Waals surface area contributed by atoms with Crippen molar-refractivity contribution in [1.82, 2.24) is 9.88 Å². The average Bonchev–Trinajstić information content (AvgIpc) is 2.55. The van der Waals surface area contributed by atoms with E-state index in [0.717, 1.165) is 5.56 Å². The Kier molecular flexibility index (Phi) is 5.78. The first-order valence-corrected chi connectivity index (χ1v) is 7.51. The predicted molar refractivity (Wildman–Crippen MR) is 90.4 cm³/mol. The Morgan fingerprint density at radius 1 is 1.00 bits per heavy atom. The van der Waals surface area contributed by atoms with E-state index in [-0.39, 0.29) is 24.1 Å². The fourth-order valence-corrected chi connectivity index (χ4v) is 2.15. The minimum Gasteiger partial charge on any atom is -0.329 e. The number of nitrogens with zero attached hydrogens (tertiary/aromatic N) is 2. The number of hydrogen-bond donors (Lipinski definition) is 1. The molecule has 1 N–H and O–H groups in total. The quantitative estimate of drug-likeness (QED) is 0.826. The lowest BCUT2D eigenvalue weighted by atomic mass is 10.1. The van der Waals surface area contributed by atoms with Crippen LogP contribution in [0.5, 0.6) is 0 Å². The summed E-state index contributed by atoms with van der Waals surface area (Å²) in [6.45, 7) is 3.20. The number of carbonyl (C=O) groups is 3. The largest absolute Gasteiger partial charge is 0.329 e. The van der Waals surface area contributed by atoms with Gasteiger partial charge in [0.05, 0.1) is 0 Å². The van der Waals surface area contributed by atoms with Gasteiger partial charge in [-0.1, -0.05) is 0 Å². The number of ketones is 1. The Hall–Kier alpha value is -3.02. The van der Waals surface area contributed by atoms with Crippen LogP contribution >= 0.6 is 0 Å². The third-order valence-electron chi connectivity index (χ3n) is 3.48. The van der Waals surface area contributed by atoms with Gasteiger partial charge in [-0.3, -0.25) is 19.4 Å². The Balaban J connectivity index is 1.97. The fraction of sp³-hybridized carbons (Fsp3) is 0.222. The van der Waals surface area contributed by atoms with Gasteiger partial charge in [0, 0.05) is 37.1 Å². The highest BCUT2D eigenvalue weighted by atomic mass is 16.2. The van der Waals surface area contributed by atoms with Crippen LogP contribution in [0.3, 0.4) is 0 Å². The maximum absolute atomic E-state index is 12.2. The first kappa shape index (κ1) is 17.3. The average molecular weight is 325 g/mol. The Morgan fingerprint density at radius 2 is 1.62 bits per heavy atom. The number of aromatic nitrogens is 1. The van der Waals surface area contributed by atoms with Crippen molar-refractivity contribution in [3.8, 4) is 0 Å². The third kappa shape index (κ3) is 5.01. The zero-order valence-corrected chi connectivity index (χ0v) is 13.7. The van der Waals surface area contributed by atoms with Crippen molar-refractivity contribution in [3.63, 3.8) is 0 Å². The molecule has 2 rings (SSSR count). The second-order valence-corrected chi connectivity index (χ2v) is 5.41. The Bertz CT molecular complexity index is 727. The zero-order chi connectivity index (χ0) is 17.5. The van der Waals surface area contributed by atoms with Crippen LogP contribution in [0.4, 0.5) is 5.69 Å². The number of anilines is 1. The molecule has 0 saturated heterocycles. The van der Waals surface area contributed by atoms with Crippen LogP contribution in [0, 0.1) is 0 Å². The van der Waals surface area contributed by atoms with Crippen molar-refractivity contribution in [2.45, 2.75) is 20.4 Å². The van der Waals surface area contributed by atoms with Gasteiger partial charge in [0.2, 0.25) is 11.8 Å². The summed E-state index contributed by atoms with van der Waals surface area (Å²) >= 11 is 0. The molecule has 1 heterocycles. The van der Waals surface area contributed by atoms with Gasteiger partial charge in [-0.05, 0) is 48.9 Å². The normalized spacial score (nSPS) is 10.1. The predicted octanol–water partition coefficient (Wildman–Crippen LogP) is 2.27. The molecule has 0 saturated carbocycles. The van der Waals surface area contributed by atoms with E-state index in [1.54, 1.807) is 48.8 Å². The molecule has 0 radical (unpaired) electrons. The van der Waals surface area contributed by atoms with Gasteiger partial charge in [-0.2, -0.15) is 0 Å². The molecule has 0 aliphatic carbocycles. The summed E-state index contributed by atoms with van der Waals surface area (Å²) in [7, 11) is 0. The van der Waals surface area contributed by atoms with E-state index < -0.39 is 0 Å². The minimum atomic E-state index is -0.296. The summed E-state index contributed by atoms with van der Waals surface area (Å²) in [6.07, 6.45) is 3.29. The lowest BCUT2D eigenvalue weighted by molar-refractivity contribution is -0.133. The van der Waals surface area contributed by atoms with Gasteiger partial charge in [-0.25, -0.2) is 0 Å². The van der Waals surface area contributed by atoms with Crippen LogP contribution in [-0.2, 0) is 16.1 Å². The van der Waals surface area contributed by atoms with Crippen molar-refractivity contribution >= 4 is 23.3 Å². The number of nitrogens with one attached hydrogen (secondary N) is 1. The molecule has 2 amide bonds. The van der Waals surface area contributed by atoms with Crippen molar-refractivity contribution in [1.29, 1.82) is 0 Å². The molecule has 1 aromatic carbocycles. The second-order valence-electron chi connectivity index (χ2n) is 5.41. The number of benzene rings is 1. The van der Waals surface area contributed by atoms with Crippen LogP contribution in [0.15, 0.2) is 48.8 Å². The van der Waals surface area contributed by atoms with E-state index in [9.17, 15) is 14.4 Å². The minimum absolute atomic E-state index is 0.0343. The number of carbonyl (C=O) groups excluding carboxylic acids is 3. The van der Waals surface area contributed by atoms with Gasteiger partial charge < -0.3 is 10.2 Å². The number of rotatable bonds is 6. The molecular weight excluding hydrogens is 306 g/mol. The summed E-state index contributed by atoms with van der Waals surface area (Å²) in [5.41, 5.74) is 2.06. The molecule has 0 spiro atoms. The lowest BCUT2D eigenvalue weighted by Gasteiger charge is -2.20. The molecule has 0 unspecified atom stereocenters. The SMILES string of the molecule is CC(=O)c1ccc(NC(=O)CN(Cc2ccncc2)C(C)=O)cc1. The van der Waals surface area contributed by atoms with Crippen molar-refractivity contribution in [2.24, 2.45) is 0 Å². The summed E-state index contributed by atoms with van der Waals surface area (Å²) < 4.78 is 0. The highest BCUT2D eigenvalue weighted by Crippen LogP contribution is 2.10. The fourth-order valence-electron chi connectivity index (χ4n) is 2.15. The maximum Gasteiger partial charge on any atom is 0.244 e. The molecule has 0 atom stereocenters. The van der Waals surface area contributed by atoms with Crippen molar-refractivity contribution in [2.75, 3.05) is 11.9 Å². The number of amides is 2. The first-order valence-electron chi connectivity index (χ1n) is 7.51. The van der Waals surface area contributed by atoms with Crippen LogP contribution in [0.1, 0.15) is 29.8 Å². The van der Waals surface area contributed by atoms with Crippen molar-refractivity contribution in [3.05, 3.63) is 59.9 Å². The van der Waals surface area contributed by atoms with E-state index in [1.165, 1.54) is 18.7 Å². The monoisotopic (exact) mass is 325 g/mol. The smallest absolute Gasteiger partial charge is 0.244 e. The number of pyridine rings is 1. The topological polar surface area (TPSA) is 79.4 Å². The van der Waals surface area contributed by atoms with E-state index in [1.807, 2.05) is 0 Å². The molecule has 1 aromatic heterocycles. The van der Waals surface area contributed by atoms with Crippen molar-refractivity contribution < 1.29 is 14.4 Å². The summed E-state index contributed by atoms with van der Waals surface area (Å²) in [5.74, 6) is -0.517. The van der Waals surface area contributed by atoms with E-state index in [2.05, 4.69) is 10.3 Å². The van der Waals surface area contributed by atoms with E-state index >= 15 is 0 Å². The van der Waals surface area contributed by atoms with E-state index in [0.29, 0.717) is 17.8 Å². The first-order chi connectivity index (χ1) is 11.5. The van der Waals surface area contributed by atoms with E-state index in [4.69, 9.17) is 0 Å². The standard InChI is InChI=1S/C18H19N3O3/c1-13(22)16-3-5-17(6-4-16)20-18(24)12-21(14(2)23)11-15-7-9-19-10-8-15/h3-10H,11-12H2,1-2H3,(H,20,24). The highest BCUT2D eigenvalue weighted by Gasteiger charge is 2.14. The molecule has 0 aliphatic rings. The molecule has 0 bridgehead atoms. The highest BCUT2D eigenvalue weighted by molar-refractivity contribution is 5.96. The zero-order valence-electron chi connectivity index (χ0n) is 13.7. The van der Waals surface area contributed by atoms with Crippen LogP contribution in [-0.4, -0.2) is 34.0 Å². The van der Waals surface area contributed by atoms with Crippen LogP contribution < -0.4 is 5.32 Å². The maximum atomic E-state index is 12.2. The van der Waals surface area contributed by atoms with Gasteiger partial charge in [0.1, 0.15) is 6.54 Å². The molecule has 24 heavy (non-hydrogen) atoms. The molecule has 0 fully saturated rings. The third-order valence-corrected chi connectivity index (χ3v) is 3.48. The lowest BCUT2D eigenvalue weighted by Crippen LogP contribution is -2.36. The van der Waals surface area contributed by atoms with Crippen LogP contribution in [0.2, 0.25) is 0 Å². The Labute approximate surface area is 140 Å². The molecule has 2 aromatic rings. The molecule has 6 nitrogen and oxygen atoms in total. The number of Topliss-reactive ketones (excluding diaryl/α,β-unsaturated/α-hetero) is 1. The molecular formula is C18H19N3O3. The Morgan fingerprint density at radius 3 is 2.17 bits per heavy atom. The summed E-state index contributed by atoms with van der Waals surface area (Å²) in [5, 5.41) is 2.72. The van der Waals surface area contributed by atoms with Gasteiger partial charge in [0.25, 0.3) is 0 Å². The molecule has 0 aliphatic heterocycles. The van der Waals surface area contributed by atoms with Gasteiger partial charge in [-0.15, -0.1) is 0 Å².